The Bertz CT molecular complexity index is 1710. The number of benzene rings is 2. The number of aromatic nitrogens is 6. The van der Waals surface area contributed by atoms with E-state index in [-0.39, 0.29) is 5.56 Å². The summed E-state index contributed by atoms with van der Waals surface area (Å²) in [6.07, 6.45) is 1.56. The fraction of sp³-hybridized carbons (Fsp3) is 0.125. The lowest BCUT2D eigenvalue weighted by Gasteiger charge is -2.14. The van der Waals surface area contributed by atoms with Gasteiger partial charge >= 0.3 is 0 Å². The van der Waals surface area contributed by atoms with Crippen molar-refractivity contribution in [3.63, 3.8) is 0 Å². The predicted octanol–water partition coefficient (Wildman–Crippen LogP) is 4.59. The highest BCUT2D eigenvalue weighted by molar-refractivity contribution is 7.98. The number of thioether (sulfide) groups is 1. The highest BCUT2D eigenvalue weighted by atomic mass is 32.2. The third-order valence-electron chi connectivity index (χ3n) is 5.75. The van der Waals surface area contributed by atoms with Crippen molar-refractivity contribution in [1.82, 2.24) is 29.3 Å². The topological polar surface area (TPSA) is 104 Å². The summed E-state index contributed by atoms with van der Waals surface area (Å²) < 4.78 is 14.2. The van der Waals surface area contributed by atoms with Crippen LogP contribution in [-0.4, -0.2) is 29.3 Å². The second-order valence-corrected chi connectivity index (χ2v) is 8.71. The molecule has 0 aliphatic heterocycles. The first-order chi connectivity index (χ1) is 16.6. The molecular weight excluding hydrogens is 452 g/mol. The number of fused-ring (bicyclic) bond motifs is 3. The highest BCUT2D eigenvalue weighted by Crippen LogP contribution is 2.27. The van der Waals surface area contributed by atoms with Gasteiger partial charge in [-0.3, -0.25) is 9.20 Å². The monoisotopic (exact) mass is 470 g/mol. The summed E-state index contributed by atoms with van der Waals surface area (Å²) in [7, 11) is 0. The molecule has 6 aromatic rings. The lowest BCUT2D eigenvalue weighted by atomic mass is 10.1. The van der Waals surface area contributed by atoms with Crippen LogP contribution in [-0.2, 0) is 5.75 Å². The first-order valence-electron chi connectivity index (χ1n) is 10.6. The first-order valence-corrected chi connectivity index (χ1v) is 11.5. The van der Waals surface area contributed by atoms with E-state index in [2.05, 4.69) is 20.3 Å². The number of aryl methyl sites for hydroxylation is 1. The third kappa shape index (κ3) is 3.22. The molecule has 0 N–H and O–H groups in total. The fourth-order valence-electron chi connectivity index (χ4n) is 3.91. The second kappa shape index (κ2) is 7.99. The van der Waals surface area contributed by atoms with Gasteiger partial charge in [0.05, 0.1) is 28.6 Å². The van der Waals surface area contributed by atoms with Gasteiger partial charge in [0.25, 0.3) is 5.56 Å². The molecule has 4 heterocycles. The summed E-state index contributed by atoms with van der Waals surface area (Å²) in [5.74, 6) is 2.19. The molecule has 6 rings (SSSR count). The van der Waals surface area contributed by atoms with E-state index in [0.29, 0.717) is 39.5 Å². The molecule has 0 atom stereocenters. The molecule has 0 aliphatic carbocycles. The van der Waals surface area contributed by atoms with Gasteiger partial charge < -0.3 is 8.94 Å². The summed E-state index contributed by atoms with van der Waals surface area (Å²) in [4.78, 5) is 17.9. The largest absolute Gasteiger partial charge is 0.461 e. The van der Waals surface area contributed by atoms with Crippen molar-refractivity contribution in [2.45, 2.75) is 24.8 Å². The van der Waals surface area contributed by atoms with Crippen molar-refractivity contribution in [1.29, 1.82) is 0 Å². The van der Waals surface area contributed by atoms with E-state index in [1.807, 2.05) is 60.7 Å². The van der Waals surface area contributed by atoms with Crippen LogP contribution >= 0.6 is 11.8 Å². The number of para-hydroxylation sites is 1. The summed E-state index contributed by atoms with van der Waals surface area (Å²) in [5, 5.41) is 14.0. The van der Waals surface area contributed by atoms with Gasteiger partial charge in [0.15, 0.2) is 10.9 Å². The number of furan rings is 1. The molecule has 168 valence electrons. The van der Waals surface area contributed by atoms with Gasteiger partial charge in [-0.25, -0.2) is 4.57 Å². The van der Waals surface area contributed by atoms with E-state index < -0.39 is 0 Å². The molecule has 0 saturated heterocycles. The third-order valence-corrected chi connectivity index (χ3v) is 6.66. The van der Waals surface area contributed by atoms with E-state index in [1.165, 1.54) is 11.8 Å². The summed E-state index contributed by atoms with van der Waals surface area (Å²) in [5.41, 5.74) is 3.48. The lowest BCUT2D eigenvalue weighted by Crippen LogP contribution is -2.22. The standard InChI is InChI=1S/C24H18N6O3S/c1-14-7-5-10-17(15(14)2)29-22(31)16-8-3-4-9-18(16)30-23(29)26-27-24(30)34-13-20-25-21(28-33-20)19-11-6-12-32-19/h3-12H,13H2,1-2H3. The normalized spacial score (nSPS) is 11.6. The summed E-state index contributed by atoms with van der Waals surface area (Å²) in [6.45, 7) is 4.02. The van der Waals surface area contributed by atoms with Crippen LogP contribution < -0.4 is 5.56 Å². The Morgan fingerprint density at radius 3 is 2.74 bits per heavy atom. The number of rotatable bonds is 5. The summed E-state index contributed by atoms with van der Waals surface area (Å²) in [6, 6.07) is 16.9. The van der Waals surface area contributed by atoms with Gasteiger partial charge in [0.2, 0.25) is 17.5 Å². The maximum atomic E-state index is 13.5. The molecule has 0 aliphatic rings. The van der Waals surface area contributed by atoms with Crippen molar-refractivity contribution in [3.05, 3.63) is 88.2 Å². The predicted molar refractivity (Wildman–Crippen MR) is 127 cm³/mol. The molecule has 2 aromatic carbocycles. The zero-order chi connectivity index (χ0) is 23.2. The Morgan fingerprint density at radius 1 is 1.00 bits per heavy atom. The number of nitrogens with zero attached hydrogens (tertiary/aromatic N) is 6. The average molecular weight is 471 g/mol. The lowest BCUT2D eigenvalue weighted by molar-refractivity contribution is 0.390. The minimum atomic E-state index is -0.138. The molecule has 4 aromatic heterocycles. The van der Waals surface area contributed by atoms with Crippen molar-refractivity contribution in [2.24, 2.45) is 0 Å². The molecule has 0 fully saturated rings. The van der Waals surface area contributed by atoms with Gasteiger partial charge in [0, 0.05) is 0 Å². The maximum absolute atomic E-state index is 13.5. The summed E-state index contributed by atoms with van der Waals surface area (Å²) >= 11 is 1.40. The molecule has 34 heavy (non-hydrogen) atoms. The Hall–Kier alpha value is -4.18. The maximum Gasteiger partial charge on any atom is 0.267 e. The zero-order valence-electron chi connectivity index (χ0n) is 18.3. The van der Waals surface area contributed by atoms with Crippen LogP contribution in [0.3, 0.4) is 0 Å². The fourth-order valence-corrected chi connectivity index (χ4v) is 4.69. The van der Waals surface area contributed by atoms with E-state index in [9.17, 15) is 4.79 Å². The van der Waals surface area contributed by atoms with E-state index in [0.717, 1.165) is 22.3 Å². The van der Waals surface area contributed by atoms with Gasteiger partial charge in [-0.05, 0) is 55.3 Å². The molecule has 0 spiro atoms. The van der Waals surface area contributed by atoms with Crippen molar-refractivity contribution < 1.29 is 8.94 Å². The Morgan fingerprint density at radius 2 is 1.88 bits per heavy atom. The van der Waals surface area contributed by atoms with Crippen LogP contribution in [0.5, 0.6) is 0 Å². The van der Waals surface area contributed by atoms with Crippen LogP contribution in [0.2, 0.25) is 0 Å². The van der Waals surface area contributed by atoms with Crippen molar-refractivity contribution >= 4 is 28.4 Å². The van der Waals surface area contributed by atoms with Crippen LogP contribution in [0.4, 0.5) is 0 Å². The van der Waals surface area contributed by atoms with Crippen molar-refractivity contribution in [2.75, 3.05) is 0 Å². The molecule has 0 saturated carbocycles. The van der Waals surface area contributed by atoms with Gasteiger partial charge in [-0.2, -0.15) is 4.98 Å². The molecule has 0 bridgehead atoms. The smallest absolute Gasteiger partial charge is 0.267 e. The minimum absolute atomic E-state index is 0.138. The Balaban J connectivity index is 1.47. The Kier molecular flexibility index (Phi) is 4.80. The van der Waals surface area contributed by atoms with Crippen LogP contribution in [0.1, 0.15) is 17.0 Å². The molecule has 9 nitrogen and oxygen atoms in total. The highest BCUT2D eigenvalue weighted by Gasteiger charge is 2.20. The number of hydrogen-bond donors (Lipinski definition) is 0. The first kappa shape index (κ1) is 20.4. The van der Waals surface area contributed by atoms with Gasteiger partial charge in [0.1, 0.15) is 0 Å². The van der Waals surface area contributed by atoms with Gasteiger partial charge in [-0.1, -0.05) is 41.2 Å². The van der Waals surface area contributed by atoms with Crippen LogP contribution in [0, 0.1) is 13.8 Å². The Labute approximate surface area is 197 Å². The van der Waals surface area contributed by atoms with Crippen LogP contribution in [0.25, 0.3) is 34.0 Å². The van der Waals surface area contributed by atoms with Crippen LogP contribution in [0.15, 0.2) is 79.8 Å². The molecule has 10 heteroatoms. The SMILES string of the molecule is Cc1cccc(-n2c(=O)c3ccccc3n3c(SCc4nc(-c5ccco5)no4)nnc23)c1C. The molecular formula is C24H18N6O3S. The zero-order valence-corrected chi connectivity index (χ0v) is 19.1. The molecule has 0 amide bonds. The van der Waals surface area contributed by atoms with E-state index in [1.54, 1.807) is 23.0 Å². The van der Waals surface area contributed by atoms with Crippen molar-refractivity contribution in [3.8, 4) is 17.3 Å². The van der Waals surface area contributed by atoms with Gasteiger partial charge in [-0.15, -0.1) is 10.2 Å². The number of hydrogen-bond acceptors (Lipinski definition) is 8. The van der Waals surface area contributed by atoms with E-state index in [4.69, 9.17) is 8.94 Å². The van der Waals surface area contributed by atoms with E-state index >= 15 is 0 Å². The molecule has 0 radical (unpaired) electrons. The quantitative estimate of drug-likeness (QED) is 0.337. The minimum Gasteiger partial charge on any atom is -0.461 e. The average Bonchev–Trinajstić information content (AvgIpc) is 3.61. The molecule has 0 unspecified atom stereocenters. The second-order valence-electron chi connectivity index (χ2n) is 7.77.